The summed E-state index contributed by atoms with van der Waals surface area (Å²) in [4.78, 5) is 12.0. The fourth-order valence-corrected chi connectivity index (χ4v) is 4.05. The van der Waals surface area contributed by atoms with Crippen LogP contribution >= 0.6 is 31.9 Å². The number of halogens is 2. The van der Waals surface area contributed by atoms with Gasteiger partial charge in [-0.1, -0.05) is 50.1 Å². The third-order valence-corrected chi connectivity index (χ3v) is 5.12. The van der Waals surface area contributed by atoms with Crippen molar-refractivity contribution in [3.63, 3.8) is 0 Å². The third-order valence-electron chi connectivity index (χ3n) is 3.98. The Labute approximate surface area is 157 Å². The molecule has 1 heterocycles. The number of amides is 1. The van der Waals surface area contributed by atoms with E-state index in [4.69, 9.17) is 4.74 Å². The van der Waals surface area contributed by atoms with Crippen molar-refractivity contribution in [2.75, 3.05) is 7.11 Å². The fourth-order valence-electron chi connectivity index (χ4n) is 2.77. The lowest BCUT2D eigenvalue weighted by atomic mass is 9.98. The van der Waals surface area contributed by atoms with Crippen molar-refractivity contribution in [2.24, 2.45) is 5.10 Å². The Balaban J connectivity index is 1.94. The average molecular weight is 452 g/mol. The maximum Gasteiger partial charge on any atom is 0.240 e. The van der Waals surface area contributed by atoms with Gasteiger partial charge in [-0.25, -0.2) is 5.01 Å². The van der Waals surface area contributed by atoms with Crippen molar-refractivity contribution in [1.82, 2.24) is 5.01 Å². The van der Waals surface area contributed by atoms with Gasteiger partial charge in [-0.2, -0.15) is 5.10 Å². The third kappa shape index (κ3) is 3.39. The van der Waals surface area contributed by atoms with E-state index in [1.165, 1.54) is 0 Å². The van der Waals surface area contributed by atoms with E-state index in [0.717, 1.165) is 31.5 Å². The lowest BCUT2D eigenvalue weighted by Gasteiger charge is -2.20. The van der Waals surface area contributed by atoms with Gasteiger partial charge in [0.1, 0.15) is 5.75 Å². The van der Waals surface area contributed by atoms with E-state index >= 15 is 0 Å². The Morgan fingerprint density at radius 3 is 2.50 bits per heavy atom. The van der Waals surface area contributed by atoms with E-state index in [2.05, 4.69) is 37.0 Å². The molecule has 0 saturated carbocycles. The van der Waals surface area contributed by atoms with E-state index in [9.17, 15) is 4.79 Å². The van der Waals surface area contributed by atoms with Crippen LogP contribution in [0.2, 0.25) is 0 Å². The highest BCUT2D eigenvalue weighted by Crippen LogP contribution is 2.35. The fraction of sp³-hybridized carbons (Fsp3) is 0.222. The molecule has 1 amide bonds. The van der Waals surface area contributed by atoms with Crippen LogP contribution in [0.5, 0.6) is 5.75 Å². The normalized spacial score (nSPS) is 16.9. The van der Waals surface area contributed by atoms with Crippen molar-refractivity contribution in [1.29, 1.82) is 0 Å². The number of hydrogen-bond donors (Lipinski definition) is 0. The molecule has 0 bridgehead atoms. The van der Waals surface area contributed by atoms with Crippen LogP contribution in [-0.4, -0.2) is 23.7 Å². The second kappa shape index (κ2) is 7.07. The summed E-state index contributed by atoms with van der Waals surface area (Å²) in [7, 11) is 1.64. The lowest BCUT2D eigenvalue weighted by Crippen LogP contribution is -2.24. The van der Waals surface area contributed by atoms with Crippen molar-refractivity contribution in [3.05, 3.63) is 62.5 Å². The van der Waals surface area contributed by atoms with Crippen molar-refractivity contribution < 1.29 is 9.53 Å². The predicted octanol–water partition coefficient (Wildman–Crippen LogP) is 4.92. The molecule has 2 aromatic rings. The minimum absolute atomic E-state index is 0.0703. The lowest BCUT2D eigenvalue weighted by molar-refractivity contribution is -0.130. The maximum absolute atomic E-state index is 12.0. The molecular formula is C18H16Br2N2O2. The first-order valence-corrected chi connectivity index (χ1v) is 9.05. The minimum Gasteiger partial charge on any atom is -0.497 e. The highest BCUT2D eigenvalue weighted by atomic mass is 79.9. The topological polar surface area (TPSA) is 41.9 Å². The molecule has 0 spiro atoms. The molecule has 0 unspecified atom stereocenters. The Bertz CT molecular complexity index is 803. The number of nitrogens with zero attached hydrogens (tertiary/aromatic N) is 2. The van der Waals surface area contributed by atoms with E-state index in [1.54, 1.807) is 19.0 Å². The molecular weight excluding hydrogens is 436 g/mol. The number of carbonyl (C=O) groups is 1. The largest absolute Gasteiger partial charge is 0.497 e. The summed E-state index contributed by atoms with van der Waals surface area (Å²) in [5.74, 6) is 0.724. The van der Waals surface area contributed by atoms with Crippen molar-refractivity contribution in [3.8, 4) is 5.75 Å². The van der Waals surface area contributed by atoms with Gasteiger partial charge in [0.2, 0.25) is 5.91 Å². The first kappa shape index (κ1) is 17.2. The summed E-state index contributed by atoms with van der Waals surface area (Å²) >= 11 is 7.03. The summed E-state index contributed by atoms with van der Waals surface area (Å²) in [6.07, 6.45) is 0.673. The van der Waals surface area contributed by atoms with Crippen LogP contribution in [0, 0.1) is 0 Å². The summed E-state index contributed by atoms with van der Waals surface area (Å²) in [6, 6.07) is 13.6. The SMILES string of the molecule is COc1ccc([C@H]2CC(c3ccc(Br)cc3Br)=NN2C(C)=O)cc1. The monoisotopic (exact) mass is 450 g/mol. The zero-order valence-corrected chi connectivity index (χ0v) is 16.5. The van der Waals surface area contributed by atoms with Crippen molar-refractivity contribution >= 4 is 43.5 Å². The van der Waals surface area contributed by atoms with Crippen molar-refractivity contribution in [2.45, 2.75) is 19.4 Å². The number of methoxy groups -OCH3 is 1. The standard InChI is InChI=1S/C18H16Br2N2O2/c1-11(23)22-18(12-3-6-14(24-2)7-4-12)10-17(21-22)15-8-5-13(19)9-16(15)20/h3-9,18H,10H2,1-2H3/t18-/m1/s1. The van der Waals surface area contributed by atoms with Crippen LogP contribution < -0.4 is 4.74 Å². The van der Waals surface area contributed by atoms with E-state index < -0.39 is 0 Å². The molecule has 0 aliphatic carbocycles. The highest BCUT2D eigenvalue weighted by molar-refractivity contribution is 9.11. The van der Waals surface area contributed by atoms with Crippen LogP contribution in [0.25, 0.3) is 0 Å². The van der Waals surface area contributed by atoms with Gasteiger partial charge in [-0.3, -0.25) is 4.79 Å². The molecule has 1 atom stereocenters. The van der Waals surface area contributed by atoms with E-state index in [0.29, 0.717) is 6.42 Å². The summed E-state index contributed by atoms with van der Waals surface area (Å²) in [6.45, 7) is 1.54. The zero-order chi connectivity index (χ0) is 17.3. The van der Waals surface area contributed by atoms with Gasteiger partial charge < -0.3 is 4.74 Å². The number of ether oxygens (including phenoxy) is 1. The summed E-state index contributed by atoms with van der Waals surface area (Å²) in [5, 5.41) is 6.13. The van der Waals surface area contributed by atoms with Crippen LogP contribution in [0.3, 0.4) is 0 Å². The molecule has 3 rings (SSSR count). The van der Waals surface area contributed by atoms with Gasteiger partial charge >= 0.3 is 0 Å². The Hall–Kier alpha value is -1.66. The van der Waals surface area contributed by atoms with Crippen LogP contribution in [0.15, 0.2) is 56.5 Å². The zero-order valence-electron chi connectivity index (χ0n) is 13.3. The quantitative estimate of drug-likeness (QED) is 0.664. The number of hydrazone groups is 1. The molecule has 0 aromatic heterocycles. The second-order valence-corrected chi connectivity index (χ2v) is 7.30. The number of hydrogen-bond acceptors (Lipinski definition) is 3. The van der Waals surface area contributed by atoms with Crippen LogP contribution in [0.1, 0.15) is 30.5 Å². The Morgan fingerprint density at radius 2 is 1.92 bits per heavy atom. The molecule has 6 heteroatoms. The average Bonchev–Trinajstić information content (AvgIpc) is 3.00. The summed E-state index contributed by atoms with van der Waals surface area (Å²) in [5.41, 5.74) is 2.93. The molecule has 4 nitrogen and oxygen atoms in total. The molecule has 0 fully saturated rings. The van der Waals surface area contributed by atoms with Crippen LogP contribution in [0.4, 0.5) is 0 Å². The number of rotatable bonds is 3. The molecule has 124 valence electrons. The predicted molar refractivity (Wildman–Crippen MR) is 101 cm³/mol. The smallest absolute Gasteiger partial charge is 0.240 e. The maximum atomic E-state index is 12.0. The molecule has 1 aliphatic rings. The molecule has 2 aromatic carbocycles. The van der Waals surface area contributed by atoms with Gasteiger partial charge in [-0.15, -0.1) is 0 Å². The van der Waals surface area contributed by atoms with E-state index in [-0.39, 0.29) is 11.9 Å². The van der Waals surface area contributed by atoms with E-state index in [1.807, 2.05) is 42.5 Å². The Morgan fingerprint density at radius 1 is 1.21 bits per heavy atom. The van der Waals surface area contributed by atoms with Gasteiger partial charge in [0, 0.05) is 27.9 Å². The molecule has 0 saturated heterocycles. The highest BCUT2D eigenvalue weighted by Gasteiger charge is 2.32. The van der Waals surface area contributed by atoms with Crippen LogP contribution in [-0.2, 0) is 4.79 Å². The Kier molecular flexibility index (Phi) is 5.06. The molecule has 24 heavy (non-hydrogen) atoms. The molecule has 1 aliphatic heterocycles. The molecule has 0 N–H and O–H groups in total. The minimum atomic E-state index is -0.0982. The number of benzene rings is 2. The summed E-state index contributed by atoms with van der Waals surface area (Å²) < 4.78 is 7.15. The first-order valence-electron chi connectivity index (χ1n) is 7.46. The van der Waals surface area contributed by atoms with Gasteiger partial charge in [0.25, 0.3) is 0 Å². The number of carbonyl (C=O) groups excluding carboxylic acids is 1. The second-order valence-electron chi connectivity index (χ2n) is 5.53. The van der Waals surface area contributed by atoms with Gasteiger partial charge in [0.05, 0.1) is 18.9 Å². The molecule has 0 radical (unpaired) electrons. The first-order chi connectivity index (χ1) is 11.5. The van der Waals surface area contributed by atoms with Gasteiger partial charge in [-0.05, 0) is 29.8 Å². The van der Waals surface area contributed by atoms with Gasteiger partial charge in [0.15, 0.2) is 0 Å².